The van der Waals surface area contributed by atoms with Gasteiger partial charge in [-0.25, -0.2) is 0 Å². The molecule has 4 rings (SSSR count). The first-order chi connectivity index (χ1) is 14.6. The van der Waals surface area contributed by atoms with Gasteiger partial charge in [-0.05, 0) is 54.4 Å². The zero-order chi connectivity index (χ0) is 21.1. The van der Waals surface area contributed by atoms with Gasteiger partial charge >= 0.3 is 0 Å². The molecule has 1 amide bonds. The summed E-state index contributed by atoms with van der Waals surface area (Å²) in [6.45, 7) is 1.93. The van der Waals surface area contributed by atoms with Gasteiger partial charge in [-0.15, -0.1) is 0 Å². The summed E-state index contributed by atoms with van der Waals surface area (Å²) >= 11 is 0. The van der Waals surface area contributed by atoms with Gasteiger partial charge in [-0.2, -0.15) is 5.26 Å². The van der Waals surface area contributed by atoms with Gasteiger partial charge in [0.15, 0.2) is 18.1 Å². The van der Waals surface area contributed by atoms with Gasteiger partial charge in [0.25, 0.3) is 5.91 Å². The van der Waals surface area contributed by atoms with Crippen LogP contribution in [0, 0.1) is 18.3 Å². The first-order valence-corrected chi connectivity index (χ1v) is 9.56. The maximum Gasteiger partial charge on any atom is 0.262 e. The molecular formula is C24H21N3O3. The minimum Gasteiger partial charge on any atom is -0.493 e. The number of nitrogens with zero attached hydrogens (tertiary/aromatic N) is 2. The highest BCUT2D eigenvalue weighted by Crippen LogP contribution is 2.39. The molecule has 0 aromatic heterocycles. The van der Waals surface area contributed by atoms with E-state index in [4.69, 9.17) is 14.7 Å². The number of anilines is 2. The van der Waals surface area contributed by atoms with E-state index in [0.717, 1.165) is 22.5 Å². The molecule has 1 N–H and O–H groups in total. The minimum absolute atomic E-state index is 0.0708. The van der Waals surface area contributed by atoms with Crippen LogP contribution in [0.25, 0.3) is 0 Å². The van der Waals surface area contributed by atoms with Crippen molar-refractivity contribution in [2.75, 3.05) is 23.9 Å². The van der Waals surface area contributed by atoms with Crippen LogP contribution in [-0.2, 0) is 0 Å². The number of nitriles is 1. The van der Waals surface area contributed by atoms with Gasteiger partial charge < -0.3 is 14.8 Å². The smallest absolute Gasteiger partial charge is 0.262 e. The Morgan fingerprint density at radius 3 is 2.67 bits per heavy atom. The van der Waals surface area contributed by atoms with E-state index in [9.17, 15) is 4.79 Å². The topological polar surface area (TPSA) is 74.6 Å². The number of rotatable bonds is 5. The van der Waals surface area contributed by atoms with Crippen molar-refractivity contribution in [3.63, 3.8) is 0 Å². The molecule has 0 unspecified atom stereocenters. The number of hydrogen-bond acceptors (Lipinski definition) is 5. The average molecular weight is 399 g/mol. The van der Waals surface area contributed by atoms with Crippen LogP contribution in [0.2, 0.25) is 0 Å². The van der Waals surface area contributed by atoms with Crippen molar-refractivity contribution in [3.05, 3.63) is 83.4 Å². The summed E-state index contributed by atoms with van der Waals surface area (Å²) in [5, 5.41) is 12.3. The van der Waals surface area contributed by atoms with Crippen LogP contribution < -0.4 is 19.7 Å². The highest BCUT2D eigenvalue weighted by molar-refractivity contribution is 6.12. The van der Waals surface area contributed by atoms with Gasteiger partial charge in [0.1, 0.15) is 12.2 Å². The highest BCUT2D eigenvalue weighted by atomic mass is 16.5. The number of hydrogen-bond donors (Lipinski definition) is 1. The van der Waals surface area contributed by atoms with E-state index in [1.807, 2.05) is 73.7 Å². The summed E-state index contributed by atoms with van der Waals surface area (Å²) in [5.74, 6) is 0.899. The normalized spacial score (nSPS) is 15.0. The Kier molecular flexibility index (Phi) is 5.27. The molecule has 1 aliphatic heterocycles. The van der Waals surface area contributed by atoms with Gasteiger partial charge in [-0.1, -0.05) is 30.3 Å². The van der Waals surface area contributed by atoms with Crippen molar-refractivity contribution in [3.8, 4) is 17.6 Å². The number of benzene rings is 3. The van der Waals surface area contributed by atoms with Gasteiger partial charge in [0.05, 0.1) is 12.7 Å². The number of ether oxygens (including phenoxy) is 2. The van der Waals surface area contributed by atoms with Crippen LogP contribution in [0.15, 0.2) is 66.7 Å². The van der Waals surface area contributed by atoms with Crippen molar-refractivity contribution in [1.29, 1.82) is 5.26 Å². The standard InChI is InChI=1S/C24H21N3O3/c1-16-6-5-7-18(14-16)27-23(26-20-9-4-3-8-19(20)24(27)28)17-10-11-21(30-13-12-25)22(15-17)29-2/h3-11,14-15,23,26H,13H2,1-2H3/t23-/m1/s1. The van der Waals surface area contributed by atoms with Gasteiger partial charge in [0, 0.05) is 11.4 Å². The molecule has 3 aromatic carbocycles. The molecule has 0 spiro atoms. The lowest BCUT2D eigenvalue weighted by molar-refractivity contribution is 0.0975. The molecule has 1 atom stereocenters. The van der Waals surface area contributed by atoms with E-state index < -0.39 is 6.17 Å². The van der Waals surface area contributed by atoms with E-state index in [2.05, 4.69) is 5.32 Å². The lowest BCUT2D eigenvalue weighted by Gasteiger charge is -2.38. The number of aryl methyl sites for hydroxylation is 1. The predicted molar refractivity (Wildman–Crippen MR) is 115 cm³/mol. The second-order valence-electron chi connectivity index (χ2n) is 6.96. The number of fused-ring (bicyclic) bond motifs is 1. The maximum absolute atomic E-state index is 13.5. The fourth-order valence-corrected chi connectivity index (χ4v) is 3.61. The third-order valence-electron chi connectivity index (χ3n) is 5.00. The molecule has 6 heteroatoms. The van der Waals surface area contributed by atoms with E-state index in [0.29, 0.717) is 17.1 Å². The van der Waals surface area contributed by atoms with E-state index in [1.165, 1.54) is 0 Å². The molecule has 0 radical (unpaired) electrons. The minimum atomic E-state index is -0.437. The number of nitrogens with one attached hydrogen (secondary N) is 1. The van der Waals surface area contributed by atoms with Crippen LogP contribution in [0.3, 0.4) is 0 Å². The van der Waals surface area contributed by atoms with E-state index >= 15 is 0 Å². The van der Waals surface area contributed by atoms with Crippen LogP contribution in [0.4, 0.5) is 11.4 Å². The molecule has 3 aromatic rings. The predicted octanol–water partition coefficient (Wildman–Crippen LogP) is 4.68. The van der Waals surface area contributed by atoms with Crippen molar-refractivity contribution >= 4 is 17.3 Å². The average Bonchev–Trinajstić information content (AvgIpc) is 2.77. The lowest BCUT2D eigenvalue weighted by atomic mass is 10.0. The Hall–Kier alpha value is -3.98. The molecule has 0 aliphatic carbocycles. The lowest BCUT2D eigenvalue weighted by Crippen LogP contribution is -2.43. The largest absolute Gasteiger partial charge is 0.493 e. The number of methoxy groups -OCH3 is 1. The molecule has 150 valence electrons. The summed E-state index contributed by atoms with van der Waals surface area (Å²) in [6, 6.07) is 22.7. The van der Waals surface area contributed by atoms with Crippen molar-refractivity contribution < 1.29 is 14.3 Å². The molecule has 1 heterocycles. The number of carbonyl (C=O) groups is 1. The van der Waals surface area contributed by atoms with Gasteiger partial charge in [0.2, 0.25) is 0 Å². The number of para-hydroxylation sites is 1. The summed E-state index contributed by atoms with van der Waals surface area (Å²) in [4.78, 5) is 15.2. The Labute approximate surface area is 175 Å². The zero-order valence-electron chi connectivity index (χ0n) is 16.8. The number of amides is 1. The SMILES string of the molecule is COc1cc([C@@H]2Nc3ccccc3C(=O)N2c2cccc(C)c2)ccc1OCC#N. The molecule has 0 saturated heterocycles. The third kappa shape index (κ3) is 3.53. The van der Waals surface area contributed by atoms with Crippen LogP contribution in [0.1, 0.15) is 27.7 Å². The fraction of sp³-hybridized carbons (Fsp3) is 0.167. The highest BCUT2D eigenvalue weighted by Gasteiger charge is 2.34. The van der Waals surface area contributed by atoms with Crippen LogP contribution >= 0.6 is 0 Å². The van der Waals surface area contributed by atoms with E-state index in [-0.39, 0.29) is 12.5 Å². The molecular weight excluding hydrogens is 378 g/mol. The third-order valence-corrected chi connectivity index (χ3v) is 5.00. The Balaban J connectivity index is 1.81. The van der Waals surface area contributed by atoms with Crippen LogP contribution in [-0.4, -0.2) is 19.6 Å². The van der Waals surface area contributed by atoms with E-state index in [1.54, 1.807) is 18.1 Å². The zero-order valence-corrected chi connectivity index (χ0v) is 16.8. The molecule has 6 nitrogen and oxygen atoms in total. The first-order valence-electron chi connectivity index (χ1n) is 9.56. The second kappa shape index (κ2) is 8.18. The van der Waals surface area contributed by atoms with Gasteiger partial charge in [-0.3, -0.25) is 9.69 Å². The van der Waals surface area contributed by atoms with Crippen molar-refractivity contribution in [2.24, 2.45) is 0 Å². The number of carbonyl (C=O) groups excluding carboxylic acids is 1. The summed E-state index contributed by atoms with van der Waals surface area (Å²) in [6.07, 6.45) is -0.437. The summed E-state index contributed by atoms with van der Waals surface area (Å²) in [5.41, 5.74) is 4.10. The molecule has 0 saturated carbocycles. The Bertz CT molecular complexity index is 1140. The summed E-state index contributed by atoms with van der Waals surface area (Å²) < 4.78 is 10.9. The molecule has 1 aliphatic rings. The Morgan fingerprint density at radius 2 is 1.90 bits per heavy atom. The first kappa shape index (κ1) is 19.3. The molecule has 0 bridgehead atoms. The molecule has 30 heavy (non-hydrogen) atoms. The fourth-order valence-electron chi connectivity index (χ4n) is 3.61. The molecule has 0 fully saturated rings. The van der Waals surface area contributed by atoms with Crippen molar-refractivity contribution in [2.45, 2.75) is 13.1 Å². The second-order valence-corrected chi connectivity index (χ2v) is 6.96. The Morgan fingerprint density at radius 1 is 1.07 bits per heavy atom. The summed E-state index contributed by atoms with van der Waals surface area (Å²) in [7, 11) is 1.55. The van der Waals surface area contributed by atoms with Crippen LogP contribution in [0.5, 0.6) is 11.5 Å². The maximum atomic E-state index is 13.5. The van der Waals surface area contributed by atoms with Crippen molar-refractivity contribution in [1.82, 2.24) is 0 Å². The monoisotopic (exact) mass is 399 g/mol. The quantitative estimate of drug-likeness (QED) is 0.674.